The molecule has 0 aliphatic carbocycles. The van der Waals surface area contributed by atoms with Crippen LogP contribution in [0, 0.1) is 0 Å². The topological polar surface area (TPSA) is 38.0 Å². The molecule has 0 bridgehead atoms. The van der Waals surface area contributed by atoms with Crippen LogP contribution in [0.15, 0.2) is 53.4 Å². The van der Waals surface area contributed by atoms with Gasteiger partial charge in [-0.25, -0.2) is 0 Å². The monoisotopic (exact) mass is 320 g/mol. The van der Waals surface area contributed by atoms with Crippen LogP contribution in [0.1, 0.15) is 36.9 Å². The van der Waals surface area contributed by atoms with Gasteiger partial charge in [0.05, 0.1) is 11.1 Å². The minimum absolute atomic E-state index is 0.104. The van der Waals surface area contributed by atoms with E-state index in [1.165, 1.54) is 11.1 Å². The molecule has 0 saturated heterocycles. The van der Waals surface area contributed by atoms with Crippen molar-refractivity contribution in [3.8, 4) is 0 Å². The molecule has 2 rings (SSSR count). The zero-order chi connectivity index (χ0) is 15.2. The largest absolute Gasteiger partial charge is 0.271 e. The number of nitrogens with one attached hydrogen (secondary N) is 1. The van der Waals surface area contributed by atoms with Gasteiger partial charge in [-0.2, -0.15) is 0 Å². The van der Waals surface area contributed by atoms with Crippen molar-refractivity contribution in [2.45, 2.75) is 30.7 Å². The van der Waals surface area contributed by atoms with Gasteiger partial charge in [-0.3, -0.25) is 11.3 Å². The third kappa shape index (κ3) is 4.48. The molecule has 0 spiro atoms. The van der Waals surface area contributed by atoms with Crippen molar-refractivity contribution in [2.75, 3.05) is 5.75 Å². The molecule has 0 aliphatic rings. The molecule has 1 unspecified atom stereocenters. The SMILES string of the molecule is CC(C)c1ccc(C(CSc2ccccc2Cl)NN)cc1. The molecule has 112 valence electrons. The average molecular weight is 321 g/mol. The maximum absolute atomic E-state index is 6.18. The van der Waals surface area contributed by atoms with Crippen LogP contribution in [-0.4, -0.2) is 5.75 Å². The summed E-state index contributed by atoms with van der Waals surface area (Å²) in [6, 6.07) is 16.6. The van der Waals surface area contributed by atoms with Gasteiger partial charge in [0.2, 0.25) is 0 Å². The van der Waals surface area contributed by atoms with E-state index in [2.05, 4.69) is 43.5 Å². The molecule has 2 aromatic carbocycles. The van der Waals surface area contributed by atoms with Gasteiger partial charge >= 0.3 is 0 Å². The number of nitrogens with two attached hydrogens (primary N) is 1. The van der Waals surface area contributed by atoms with Gasteiger partial charge < -0.3 is 0 Å². The zero-order valence-corrected chi connectivity index (χ0v) is 13.9. The minimum Gasteiger partial charge on any atom is -0.271 e. The lowest BCUT2D eigenvalue weighted by molar-refractivity contribution is 0.610. The molecule has 4 heteroatoms. The molecule has 0 heterocycles. The van der Waals surface area contributed by atoms with E-state index in [4.69, 9.17) is 17.4 Å². The summed E-state index contributed by atoms with van der Waals surface area (Å²) < 4.78 is 0. The van der Waals surface area contributed by atoms with Crippen LogP contribution in [0.4, 0.5) is 0 Å². The van der Waals surface area contributed by atoms with Crippen molar-refractivity contribution in [1.29, 1.82) is 0 Å². The smallest absolute Gasteiger partial charge is 0.0553 e. The fourth-order valence-corrected chi connectivity index (χ4v) is 3.40. The second-order valence-corrected chi connectivity index (χ2v) is 6.75. The number of halogens is 1. The molecule has 0 saturated carbocycles. The van der Waals surface area contributed by atoms with E-state index in [1.54, 1.807) is 11.8 Å². The summed E-state index contributed by atoms with van der Waals surface area (Å²) in [6.45, 7) is 4.39. The minimum atomic E-state index is 0.104. The summed E-state index contributed by atoms with van der Waals surface area (Å²) in [5, 5.41) is 0.786. The second-order valence-electron chi connectivity index (χ2n) is 5.28. The maximum atomic E-state index is 6.18. The molecule has 0 radical (unpaired) electrons. The van der Waals surface area contributed by atoms with Crippen molar-refractivity contribution < 1.29 is 0 Å². The molecular weight excluding hydrogens is 300 g/mol. The Kier molecular flexibility index (Phi) is 6.12. The maximum Gasteiger partial charge on any atom is 0.0553 e. The van der Waals surface area contributed by atoms with Crippen LogP contribution < -0.4 is 11.3 Å². The van der Waals surface area contributed by atoms with E-state index in [0.717, 1.165) is 15.7 Å². The van der Waals surface area contributed by atoms with Crippen molar-refractivity contribution in [2.24, 2.45) is 5.84 Å². The average Bonchev–Trinajstić information content (AvgIpc) is 2.50. The van der Waals surface area contributed by atoms with Crippen molar-refractivity contribution in [1.82, 2.24) is 5.43 Å². The predicted octanol–water partition coefficient (Wildman–Crippen LogP) is 4.76. The molecule has 0 aliphatic heterocycles. The van der Waals surface area contributed by atoms with Crippen LogP contribution >= 0.6 is 23.4 Å². The van der Waals surface area contributed by atoms with Gasteiger partial charge in [0.15, 0.2) is 0 Å². The third-order valence-electron chi connectivity index (χ3n) is 3.45. The van der Waals surface area contributed by atoms with Crippen LogP contribution in [0.25, 0.3) is 0 Å². The van der Waals surface area contributed by atoms with Crippen molar-refractivity contribution in [3.63, 3.8) is 0 Å². The van der Waals surface area contributed by atoms with E-state index in [-0.39, 0.29) is 6.04 Å². The highest BCUT2D eigenvalue weighted by Gasteiger charge is 2.11. The molecule has 2 aromatic rings. The highest BCUT2D eigenvalue weighted by molar-refractivity contribution is 7.99. The Morgan fingerprint density at radius 1 is 1.05 bits per heavy atom. The van der Waals surface area contributed by atoms with E-state index in [0.29, 0.717) is 5.92 Å². The summed E-state index contributed by atoms with van der Waals surface area (Å²) >= 11 is 7.89. The van der Waals surface area contributed by atoms with Crippen LogP contribution in [0.5, 0.6) is 0 Å². The molecule has 21 heavy (non-hydrogen) atoms. The Morgan fingerprint density at radius 3 is 2.24 bits per heavy atom. The summed E-state index contributed by atoms with van der Waals surface area (Å²) in [4.78, 5) is 1.08. The first kappa shape index (κ1) is 16.4. The Balaban J connectivity index is 2.04. The number of rotatable bonds is 6. The van der Waals surface area contributed by atoms with Crippen LogP contribution in [0.2, 0.25) is 5.02 Å². The Morgan fingerprint density at radius 2 is 1.67 bits per heavy atom. The molecule has 0 amide bonds. The first-order valence-electron chi connectivity index (χ1n) is 7.05. The van der Waals surface area contributed by atoms with Gasteiger partial charge in [-0.05, 0) is 29.2 Å². The Hall–Kier alpha value is -1.00. The highest BCUT2D eigenvalue weighted by Crippen LogP contribution is 2.30. The standard InChI is InChI=1S/C17H21ClN2S/c1-12(2)13-7-9-14(10-8-13)16(20-19)11-21-17-6-4-3-5-15(17)18/h3-10,12,16,20H,11,19H2,1-2H3. The predicted molar refractivity (Wildman–Crippen MR) is 92.8 cm³/mol. The highest BCUT2D eigenvalue weighted by atomic mass is 35.5. The summed E-state index contributed by atoms with van der Waals surface area (Å²) in [7, 11) is 0. The van der Waals surface area contributed by atoms with Gasteiger partial charge in [-0.15, -0.1) is 11.8 Å². The number of hydrogen-bond acceptors (Lipinski definition) is 3. The van der Waals surface area contributed by atoms with Crippen LogP contribution in [0.3, 0.4) is 0 Å². The fourth-order valence-electron chi connectivity index (χ4n) is 2.09. The molecule has 1 atom stereocenters. The first-order chi connectivity index (χ1) is 10.1. The Labute approximate surface area is 136 Å². The lowest BCUT2D eigenvalue weighted by atomic mass is 10.00. The quantitative estimate of drug-likeness (QED) is 0.458. The summed E-state index contributed by atoms with van der Waals surface area (Å²) in [5.74, 6) is 7.09. The zero-order valence-electron chi connectivity index (χ0n) is 12.3. The Bertz CT molecular complexity index is 569. The normalized spacial score (nSPS) is 12.6. The number of hydrazine groups is 1. The summed E-state index contributed by atoms with van der Waals surface area (Å²) in [5.41, 5.74) is 5.43. The lowest BCUT2D eigenvalue weighted by Gasteiger charge is -2.17. The lowest BCUT2D eigenvalue weighted by Crippen LogP contribution is -2.29. The van der Waals surface area contributed by atoms with E-state index >= 15 is 0 Å². The fraction of sp³-hybridized carbons (Fsp3) is 0.294. The molecule has 0 fully saturated rings. The van der Waals surface area contributed by atoms with Gasteiger partial charge in [0.25, 0.3) is 0 Å². The van der Waals surface area contributed by atoms with E-state index in [1.807, 2.05) is 24.3 Å². The molecule has 3 N–H and O–H groups in total. The van der Waals surface area contributed by atoms with Crippen molar-refractivity contribution >= 4 is 23.4 Å². The molecule has 0 aromatic heterocycles. The number of hydrogen-bond donors (Lipinski definition) is 2. The van der Waals surface area contributed by atoms with Crippen molar-refractivity contribution in [3.05, 3.63) is 64.7 Å². The van der Waals surface area contributed by atoms with Gasteiger partial charge in [0.1, 0.15) is 0 Å². The molecule has 2 nitrogen and oxygen atoms in total. The number of thioether (sulfide) groups is 1. The summed E-state index contributed by atoms with van der Waals surface area (Å²) in [6.07, 6.45) is 0. The van der Waals surface area contributed by atoms with E-state index in [9.17, 15) is 0 Å². The van der Waals surface area contributed by atoms with Gasteiger partial charge in [0, 0.05) is 10.6 Å². The first-order valence-corrected chi connectivity index (χ1v) is 8.41. The molecular formula is C17H21ClN2S. The number of benzene rings is 2. The third-order valence-corrected chi connectivity index (χ3v) is 5.06. The van der Waals surface area contributed by atoms with Gasteiger partial charge in [-0.1, -0.05) is 61.8 Å². The van der Waals surface area contributed by atoms with E-state index < -0.39 is 0 Å². The van der Waals surface area contributed by atoms with Crippen LogP contribution in [-0.2, 0) is 0 Å². The second kappa shape index (κ2) is 7.85.